The largest absolute Gasteiger partial charge is 0.383 e. The predicted octanol–water partition coefficient (Wildman–Crippen LogP) is 1.85. The number of carbonyl (C=O) groups is 1. The molecule has 0 unspecified atom stereocenters. The molecule has 0 fully saturated rings. The van der Waals surface area contributed by atoms with Gasteiger partial charge in [0.05, 0.1) is 11.5 Å². The van der Waals surface area contributed by atoms with E-state index in [1.54, 1.807) is 12.1 Å². The maximum absolute atomic E-state index is 12.3. The molecule has 0 aliphatic rings. The van der Waals surface area contributed by atoms with E-state index in [-0.39, 0.29) is 24.0 Å². The molecule has 0 radical (unpaired) electrons. The zero-order valence-corrected chi connectivity index (χ0v) is 15.1. The molecule has 134 valence electrons. The first-order valence-corrected chi connectivity index (χ1v) is 9.33. The van der Waals surface area contributed by atoms with E-state index in [1.165, 1.54) is 19.2 Å². The van der Waals surface area contributed by atoms with Gasteiger partial charge in [-0.1, -0.05) is 35.9 Å². The Balaban J connectivity index is 2.05. The minimum absolute atomic E-state index is 0.0480. The molecule has 1 amide bonds. The van der Waals surface area contributed by atoms with Crippen molar-refractivity contribution < 1.29 is 17.9 Å². The summed E-state index contributed by atoms with van der Waals surface area (Å²) >= 11 is 0. The smallest absolute Gasteiger partial charge is 0.251 e. The summed E-state index contributed by atoms with van der Waals surface area (Å²) in [5.41, 5.74) is 2.39. The molecule has 0 atom stereocenters. The van der Waals surface area contributed by atoms with Gasteiger partial charge in [0, 0.05) is 25.8 Å². The van der Waals surface area contributed by atoms with Crippen LogP contribution in [0.4, 0.5) is 0 Å². The lowest BCUT2D eigenvalue weighted by atomic mass is 10.1. The fourth-order valence-corrected chi connectivity index (χ4v) is 3.33. The molecule has 2 aromatic carbocycles. The van der Waals surface area contributed by atoms with Gasteiger partial charge in [-0.05, 0) is 30.7 Å². The second-order valence-corrected chi connectivity index (χ2v) is 7.36. The number of sulfonamides is 1. The number of ether oxygens (including phenoxy) is 1. The van der Waals surface area contributed by atoms with Crippen LogP contribution in [0.15, 0.2) is 53.4 Å². The van der Waals surface area contributed by atoms with Gasteiger partial charge in [0.25, 0.3) is 5.91 Å². The molecule has 6 nitrogen and oxygen atoms in total. The first-order valence-electron chi connectivity index (χ1n) is 7.85. The van der Waals surface area contributed by atoms with Gasteiger partial charge in [-0.2, -0.15) is 0 Å². The van der Waals surface area contributed by atoms with Crippen molar-refractivity contribution >= 4 is 15.9 Å². The van der Waals surface area contributed by atoms with E-state index >= 15 is 0 Å². The number of hydrogen-bond donors (Lipinski definition) is 2. The summed E-state index contributed by atoms with van der Waals surface area (Å²) in [7, 11) is -2.18. The monoisotopic (exact) mass is 362 g/mol. The number of rotatable bonds is 8. The van der Waals surface area contributed by atoms with Crippen molar-refractivity contribution in [3.63, 3.8) is 0 Å². The summed E-state index contributed by atoms with van der Waals surface area (Å²) in [5, 5.41) is 2.80. The van der Waals surface area contributed by atoms with Crippen LogP contribution in [-0.2, 0) is 21.3 Å². The van der Waals surface area contributed by atoms with Gasteiger partial charge < -0.3 is 10.1 Å². The van der Waals surface area contributed by atoms with Crippen molar-refractivity contribution in [1.29, 1.82) is 0 Å². The number of nitrogens with one attached hydrogen (secondary N) is 2. The van der Waals surface area contributed by atoms with E-state index in [9.17, 15) is 13.2 Å². The Labute approximate surface area is 148 Å². The Hall–Kier alpha value is -2.22. The molecule has 7 heteroatoms. The van der Waals surface area contributed by atoms with Gasteiger partial charge in [0.15, 0.2) is 0 Å². The Morgan fingerprint density at radius 2 is 1.88 bits per heavy atom. The van der Waals surface area contributed by atoms with Crippen molar-refractivity contribution in [2.24, 2.45) is 0 Å². The summed E-state index contributed by atoms with van der Waals surface area (Å²) < 4.78 is 31.6. The molecule has 2 rings (SSSR count). The van der Waals surface area contributed by atoms with Gasteiger partial charge in [-0.25, -0.2) is 13.1 Å². The molecule has 0 saturated heterocycles. The fraction of sp³-hybridized carbons (Fsp3) is 0.278. The number of hydrogen-bond acceptors (Lipinski definition) is 4. The SMILES string of the molecule is COCCNS(=O)(=O)c1cccc(C(=O)NCc2cccc(C)c2)c1. The maximum atomic E-state index is 12.3. The summed E-state index contributed by atoms with van der Waals surface area (Å²) in [4.78, 5) is 12.3. The van der Waals surface area contributed by atoms with Crippen molar-refractivity contribution in [1.82, 2.24) is 10.0 Å². The topological polar surface area (TPSA) is 84.5 Å². The van der Waals surface area contributed by atoms with E-state index < -0.39 is 10.0 Å². The number of benzene rings is 2. The van der Waals surface area contributed by atoms with Gasteiger partial charge in [-0.15, -0.1) is 0 Å². The van der Waals surface area contributed by atoms with Gasteiger partial charge in [0.2, 0.25) is 10.0 Å². The molecule has 2 N–H and O–H groups in total. The quantitative estimate of drug-likeness (QED) is 0.702. The average Bonchev–Trinajstić information content (AvgIpc) is 2.60. The van der Waals surface area contributed by atoms with Crippen LogP contribution in [0.5, 0.6) is 0 Å². The third kappa shape index (κ3) is 5.67. The summed E-state index contributed by atoms with van der Waals surface area (Å²) in [6, 6.07) is 13.8. The maximum Gasteiger partial charge on any atom is 0.251 e. The molecule has 0 aliphatic heterocycles. The van der Waals surface area contributed by atoms with Crippen LogP contribution >= 0.6 is 0 Å². The van der Waals surface area contributed by atoms with E-state index in [0.717, 1.165) is 11.1 Å². The lowest BCUT2D eigenvalue weighted by molar-refractivity contribution is 0.0950. The number of amides is 1. The van der Waals surface area contributed by atoms with Crippen LogP contribution in [0.3, 0.4) is 0 Å². The fourth-order valence-electron chi connectivity index (χ4n) is 2.27. The standard InChI is InChI=1S/C18H22N2O4S/c1-14-5-3-6-15(11-14)13-19-18(21)16-7-4-8-17(12-16)25(22,23)20-9-10-24-2/h3-8,11-12,20H,9-10,13H2,1-2H3,(H,19,21). The highest BCUT2D eigenvalue weighted by molar-refractivity contribution is 7.89. The first-order chi connectivity index (χ1) is 11.9. The number of methoxy groups -OCH3 is 1. The van der Waals surface area contributed by atoms with Crippen molar-refractivity contribution in [3.05, 3.63) is 65.2 Å². The molecule has 0 bridgehead atoms. The van der Waals surface area contributed by atoms with Crippen LogP contribution in [0.1, 0.15) is 21.5 Å². The van der Waals surface area contributed by atoms with E-state index in [1.807, 2.05) is 31.2 Å². The highest BCUT2D eigenvalue weighted by atomic mass is 32.2. The second-order valence-electron chi connectivity index (χ2n) is 5.59. The number of aryl methyl sites for hydroxylation is 1. The lowest BCUT2D eigenvalue weighted by Crippen LogP contribution is -2.28. The highest BCUT2D eigenvalue weighted by Crippen LogP contribution is 2.12. The van der Waals surface area contributed by atoms with Crippen LogP contribution in [0, 0.1) is 6.92 Å². The van der Waals surface area contributed by atoms with Crippen molar-refractivity contribution in [3.8, 4) is 0 Å². The molecule has 0 spiro atoms. The van der Waals surface area contributed by atoms with Crippen molar-refractivity contribution in [2.45, 2.75) is 18.4 Å². The lowest BCUT2D eigenvalue weighted by Gasteiger charge is -2.09. The van der Waals surface area contributed by atoms with Crippen molar-refractivity contribution in [2.75, 3.05) is 20.3 Å². The zero-order valence-electron chi connectivity index (χ0n) is 14.3. The van der Waals surface area contributed by atoms with Crippen LogP contribution in [0.2, 0.25) is 0 Å². The normalized spacial score (nSPS) is 11.3. The van der Waals surface area contributed by atoms with E-state index in [4.69, 9.17) is 4.74 Å². The average molecular weight is 362 g/mol. The number of carbonyl (C=O) groups excluding carboxylic acids is 1. The van der Waals surface area contributed by atoms with Gasteiger partial charge >= 0.3 is 0 Å². The third-order valence-electron chi connectivity index (χ3n) is 3.54. The highest BCUT2D eigenvalue weighted by Gasteiger charge is 2.15. The summed E-state index contributed by atoms with van der Waals surface area (Å²) in [6.45, 7) is 2.80. The molecule has 2 aromatic rings. The van der Waals surface area contributed by atoms with Crippen LogP contribution in [-0.4, -0.2) is 34.6 Å². The minimum atomic E-state index is -3.67. The first kappa shape index (κ1) is 19.1. The second kappa shape index (κ2) is 8.75. The Morgan fingerprint density at radius 1 is 1.12 bits per heavy atom. The molecule has 25 heavy (non-hydrogen) atoms. The third-order valence-corrected chi connectivity index (χ3v) is 5.00. The Bertz CT molecular complexity index is 834. The van der Waals surface area contributed by atoms with E-state index in [2.05, 4.69) is 10.0 Å². The molecule has 0 aromatic heterocycles. The summed E-state index contributed by atoms with van der Waals surface area (Å²) in [6.07, 6.45) is 0. The predicted molar refractivity (Wildman–Crippen MR) is 95.9 cm³/mol. The zero-order chi connectivity index (χ0) is 18.3. The molecule has 0 heterocycles. The van der Waals surface area contributed by atoms with Crippen LogP contribution in [0.25, 0.3) is 0 Å². The molecule has 0 aliphatic carbocycles. The van der Waals surface area contributed by atoms with Gasteiger partial charge in [0.1, 0.15) is 0 Å². The molecule has 0 saturated carbocycles. The molecular weight excluding hydrogens is 340 g/mol. The minimum Gasteiger partial charge on any atom is -0.383 e. The Kier molecular flexibility index (Phi) is 6.69. The Morgan fingerprint density at radius 3 is 2.60 bits per heavy atom. The van der Waals surface area contributed by atoms with E-state index in [0.29, 0.717) is 12.1 Å². The molecular formula is C18H22N2O4S. The van der Waals surface area contributed by atoms with Crippen LogP contribution < -0.4 is 10.0 Å². The van der Waals surface area contributed by atoms with Gasteiger partial charge in [-0.3, -0.25) is 4.79 Å². The summed E-state index contributed by atoms with van der Waals surface area (Å²) in [5.74, 6) is -0.324.